The monoisotopic (exact) mass is 277 g/mol. The molecule has 0 aromatic carbocycles. The molecule has 1 fully saturated rings. The van der Waals surface area contributed by atoms with Gasteiger partial charge in [-0.1, -0.05) is 13.3 Å². The lowest BCUT2D eigenvalue weighted by atomic mass is 10.0. The molecule has 1 atom stereocenters. The van der Waals surface area contributed by atoms with Gasteiger partial charge in [-0.2, -0.15) is 5.26 Å². The number of piperidine rings is 1. The summed E-state index contributed by atoms with van der Waals surface area (Å²) >= 11 is 1.40. The Balaban J connectivity index is 1.92. The second-order valence-corrected chi connectivity index (χ2v) is 5.77. The highest BCUT2D eigenvalue weighted by Crippen LogP contribution is 2.23. The molecule has 1 saturated heterocycles. The van der Waals surface area contributed by atoms with Crippen LogP contribution in [0.25, 0.3) is 0 Å². The predicted molar refractivity (Wildman–Crippen MR) is 77.2 cm³/mol. The van der Waals surface area contributed by atoms with Crippen molar-refractivity contribution in [2.75, 3.05) is 18.4 Å². The van der Waals surface area contributed by atoms with Gasteiger partial charge in [0.25, 0.3) is 0 Å². The molecule has 1 aromatic rings. The van der Waals surface area contributed by atoms with Gasteiger partial charge >= 0.3 is 0 Å². The molecular formula is C14H19N3OS. The number of nitriles is 1. The van der Waals surface area contributed by atoms with Gasteiger partial charge in [0.1, 0.15) is 11.1 Å². The van der Waals surface area contributed by atoms with Crippen molar-refractivity contribution >= 4 is 22.2 Å². The molecule has 1 N–H and O–H groups in total. The fourth-order valence-corrected chi connectivity index (χ4v) is 3.33. The first-order chi connectivity index (χ1) is 9.24. The standard InChI is InChI=1S/C14H19N3OS/c1-2-12-5-3-4-7-17(12)10-13(18)16-14-11(9-15)6-8-19-14/h6,8,12H,2-5,7,10H2,1H3,(H,16,18). The minimum Gasteiger partial charge on any atom is -0.315 e. The van der Waals surface area contributed by atoms with Crippen LogP contribution in [0, 0.1) is 11.3 Å². The van der Waals surface area contributed by atoms with Crippen LogP contribution < -0.4 is 5.32 Å². The quantitative estimate of drug-likeness (QED) is 0.920. The van der Waals surface area contributed by atoms with Crippen molar-refractivity contribution in [1.29, 1.82) is 5.26 Å². The fourth-order valence-electron chi connectivity index (χ4n) is 2.58. The van der Waals surface area contributed by atoms with E-state index in [9.17, 15) is 4.79 Å². The fraction of sp³-hybridized carbons (Fsp3) is 0.571. The maximum Gasteiger partial charge on any atom is 0.239 e. The lowest BCUT2D eigenvalue weighted by Gasteiger charge is -2.34. The minimum absolute atomic E-state index is 0.0145. The average Bonchev–Trinajstić information content (AvgIpc) is 2.86. The van der Waals surface area contributed by atoms with Gasteiger partial charge in [0, 0.05) is 6.04 Å². The summed E-state index contributed by atoms with van der Waals surface area (Å²) in [6, 6.07) is 4.34. The van der Waals surface area contributed by atoms with Crippen molar-refractivity contribution in [2.45, 2.75) is 38.6 Å². The van der Waals surface area contributed by atoms with Gasteiger partial charge in [0.05, 0.1) is 12.1 Å². The number of thiophene rings is 1. The molecule has 4 nitrogen and oxygen atoms in total. The Hall–Kier alpha value is -1.38. The van der Waals surface area contributed by atoms with Crippen LogP contribution in [0.1, 0.15) is 38.2 Å². The zero-order chi connectivity index (χ0) is 13.7. The summed E-state index contributed by atoms with van der Waals surface area (Å²) < 4.78 is 0. The summed E-state index contributed by atoms with van der Waals surface area (Å²) in [6.45, 7) is 3.61. The van der Waals surface area contributed by atoms with Crippen molar-refractivity contribution in [2.24, 2.45) is 0 Å². The largest absolute Gasteiger partial charge is 0.315 e. The Kier molecular flexibility index (Phi) is 4.94. The lowest BCUT2D eigenvalue weighted by molar-refractivity contribution is -0.118. The van der Waals surface area contributed by atoms with Crippen LogP contribution in [0.2, 0.25) is 0 Å². The molecule has 0 saturated carbocycles. The van der Waals surface area contributed by atoms with E-state index in [0.29, 0.717) is 23.2 Å². The maximum absolute atomic E-state index is 12.1. The van der Waals surface area contributed by atoms with E-state index in [4.69, 9.17) is 5.26 Å². The van der Waals surface area contributed by atoms with Gasteiger partial charge in [-0.3, -0.25) is 9.69 Å². The van der Waals surface area contributed by atoms with E-state index in [1.54, 1.807) is 6.07 Å². The van der Waals surface area contributed by atoms with Crippen LogP contribution in [-0.2, 0) is 4.79 Å². The number of rotatable bonds is 4. The molecular weight excluding hydrogens is 258 g/mol. The summed E-state index contributed by atoms with van der Waals surface area (Å²) in [5, 5.41) is 14.3. The van der Waals surface area contributed by atoms with Crippen LogP contribution in [0.3, 0.4) is 0 Å². The molecule has 0 spiro atoms. The van der Waals surface area contributed by atoms with E-state index in [1.165, 1.54) is 30.6 Å². The number of amides is 1. The third-order valence-electron chi connectivity index (χ3n) is 3.61. The maximum atomic E-state index is 12.1. The molecule has 2 heterocycles. The van der Waals surface area contributed by atoms with Crippen molar-refractivity contribution in [3.05, 3.63) is 17.0 Å². The number of hydrogen-bond donors (Lipinski definition) is 1. The molecule has 5 heteroatoms. The molecule has 1 amide bonds. The van der Waals surface area contributed by atoms with Gasteiger partial charge in [0.2, 0.25) is 5.91 Å². The lowest BCUT2D eigenvalue weighted by Crippen LogP contribution is -2.43. The third kappa shape index (κ3) is 3.55. The van der Waals surface area contributed by atoms with Crippen LogP contribution in [0.4, 0.5) is 5.00 Å². The highest BCUT2D eigenvalue weighted by atomic mass is 32.1. The third-order valence-corrected chi connectivity index (χ3v) is 4.44. The van der Waals surface area contributed by atoms with E-state index in [2.05, 4.69) is 23.2 Å². The summed E-state index contributed by atoms with van der Waals surface area (Å²) in [5.41, 5.74) is 0.545. The molecule has 1 aliphatic rings. The summed E-state index contributed by atoms with van der Waals surface area (Å²) in [7, 11) is 0. The Morgan fingerprint density at radius 2 is 2.47 bits per heavy atom. The van der Waals surface area contributed by atoms with E-state index in [0.717, 1.165) is 13.0 Å². The summed E-state index contributed by atoms with van der Waals surface area (Å²) in [6.07, 6.45) is 4.72. The molecule has 1 aromatic heterocycles. The number of likely N-dealkylation sites (tertiary alicyclic amines) is 1. The highest BCUT2D eigenvalue weighted by molar-refractivity contribution is 7.14. The van der Waals surface area contributed by atoms with Crippen molar-refractivity contribution in [1.82, 2.24) is 4.90 Å². The molecule has 1 aliphatic heterocycles. The van der Waals surface area contributed by atoms with E-state index >= 15 is 0 Å². The van der Waals surface area contributed by atoms with Crippen molar-refractivity contribution in [3.63, 3.8) is 0 Å². The van der Waals surface area contributed by atoms with E-state index in [1.807, 2.05) is 5.38 Å². The summed E-state index contributed by atoms with van der Waals surface area (Å²) in [5.74, 6) is -0.0145. The second kappa shape index (κ2) is 6.69. The first kappa shape index (κ1) is 14.0. The molecule has 0 radical (unpaired) electrons. The number of nitrogens with one attached hydrogen (secondary N) is 1. The van der Waals surface area contributed by atoms with Crippen LogP contribution in [0.5, 0.6) is 0 Å². The smallest absolute Gasteiger partial charge is 0.239 e. The molecule has 102 valence electrons. The topological polar surface area (TPSA) is 56.1 Å². The highest BCUT2D eigenvalue weighted by Gasteiger charge is 2.23. The number of anilines is 1. The number of hydrogen-bond acceptors (Lipinski definition) is 4. The first-order valence-corrected chi connectivity index (χ1v) is 7.64. The Bertz CT molecular complexity index is 477. The van der Waals surface area contributed by atoms with E-state index < -0.39 is 0 Å². The van der Waals surface area contributed by atoms with Gasteiger partial charge in [-0.15, -0.1) is 11.3 Å². The van der Waals surface area contributed by atoms with Gasteiger partial charge in [-0.05, 0) is 37.3 Å². The second-order valence-electron chi connectivity index (χ2n) is 4.85. The molecule has 1 unspecified atom stereocenters. The Morgan fingerprint density at radius 3 is 3.21 bits per heavy atom. The Labute approximate surface area is 118 Å². The van der Waals surface area contributed by atoms with Crippen molar-refractivity contribution in [3.8, 4) is 6.07 Å². The Morgan fingerprint density at radius 1 is 1.63 bits per heavy atom. The summed E-state index contributed by atoms with van der Waals surface area (Å²) in [4.78, 5) is 14.3. The normalized spacial score (nSPS) is 19.9. The molecule has 19 heavy (non-hydrogen) atoms. The molecule has 0 bridgehead atoms. The number of carbonyl (C=O) groups excluding carboxylic acids is 1. The molecule has 2 rings (SSSR count). The minimum atomic E-state index is -0.0145. The first-order valence-electron chi connectivity index (χ1n) is 6.76. The van der Waals surface area contributed by atoms with Gasteiger partial charge in [-0.25, -0.2) is 0 Å². The SMILES string of the molecule is CCC1CCCCN1CC(=O)Nc1sccc1C#N. The average molecular weight is 277 g/mol. The van der Waals surface area contributed by atoms with Gasteiger partial charge in [0.15, 0.2) is 0 Å². The van der Waals surface area contributed by atoms with Crippen LogP contribution >= 0.6 is 11.3 Å². The van der Waals surface area contributed by atoms with Gasteiger partial charge < -0.3 is 5.32 Å². The van der Waals surface area contributed by atoms with E-state index in [-0.39, 0.29) is 5.91 Å². The number of nitrogens with zero attached hydrogens (tertiary/aromatic N) is 2. The molecule has 0 aliphatic carbocycles. The predicted octanol–water partition coefficient (Wildman–Crippen LogP) is 2.82. The van der Waals surface area contributed by atoms with Crippen molar-refractivity contribution < 1.29 is 4.79 Å². The zero-order valence-electron chi connectivity index (χ0n) is 11.2. The van der Waals surface area contributed by atoms with Crippen LogP contribution in [0.15, 0.2) is 11.4 Å². The van der Waals surface area contributed by atoms with Crippen LogP contribution in [-0.4, -0.2) is 29.9 Å². The number of carbonyl (C=O) groups is 1. The zero-order valence-corrected chi connectivity index (χ0v) is 12.0.